The van der Waals surface area contributed by atoms with Crippen molar-refractivity contribution in [1.29, 1.82) is 0 Å². The Balaban J connectivity index is 1.56. The lowest BCUT2D eigenvalue weighted by Crippen LogP contribution is -2.66. The summed E-state index contributed by atoms with van der Waals surface area (Å²) in [7, 11) is 0. The maximum Gasteiger partial charge on any atom is 0.278 e. The fraction of sp³-hybridized carbons (Fsp3) is 0.280. The normalized spacial score (nSPS) is 21.8. The number of amides is 1. The number of hydrogen-bond acceptors (Lipinski definition) is 7. The van der Waals surface area contributed by atoms with E-state index in [2.05, 4.69) is 0 Å². The Bertz CT molecular complexity index is 1510. The second-order valence-corrected chi connectivity index (χ2v) is 9.15. The van der Waals surface area contributed by atoms with Gasteiger partial charge in [-0.3, -0.25) is 19.3 Å². The van der Waals surface area contributed by atoms with Crippen molar-refractivity contribution in [2.24, 2.45) is 0 Å². The molecule has 1 fully saturated rings. The number of pyridine rings is 1. The van der Waals surface area contributed by atoms with Crippen LogP contribution in [-0.2, 0) is 11.3 Å². The van der Waals surface area contributed by atoms with Crippen LogP contribution in [0.1, 0.15) is 33.2 Å². The number of hydrogen-bond donors (Lipinski definition) is 1. The van der Waals surface area contributed by atoms with Gasteiger partial charge in [0.1, 0.15) is 18.0 Å². The molecule has 36 heavy (non-hydrogen) atoms. The van der Waals surface area contributed by atoms with Gasteiger partial charge in [-0.2, -0.15) is 0 Å². The molecule has 4 aliphatic heterocycles. The molecule has 0 bridgehead atoms. The molecule has 1 amide bonds. The fourth-order valence-electron chi connectivity index (χ4n) is 5.75. The van der Waals surface area contributed by atoms with Gasteiger partial charge in [0.15, 0.2) is 29.8 Å². The van der Waals surface area contributed by atoms with Crippen molar-refractivity contribution in [3.8, 4) is 11.5 Å². The van der Waals surface area contributed by atoms with E-state index in [1.165, 1.54) is 16.9 Å². The topological polar surface area (TPSA) is 87.5 Å². The molecule has 1 aromatic heterocycles. The third-order valence-corrected chi connectivity index (χ3v) is 7.33. The minimum Gasteiger partial charge on any atom is -0.502 e. The summed E-state index contributed by atoms with van der Waals surface area (Å²) in [5.74, 6) is -2.47. The Morgan fingerprint density at radius 2 is 1.92 bits per heavy atom. The molecular weight excluding hydrogens is 474 g/mol. The number of halogens is 2. The van der Waals surface area contributed by atoms with Crippen LogP contribution in [0.2, 0.25) is 0 Å². The summed E-state index contributed by atoms with van der Waals surface area (Å²) in [6, 6.07) is 8.60. The molecule has 2 atom stereocenters. The van der Waals surface area contributed by atoms with Crippen LogP contribution >= 0.6 is 0 Å². The van der Waals surface area contributed by atoms with E-state index in [9.17, 15) is 19.1 Å². The van der Waals surface area contributed by atoms with Gasteiger partial charge in [-0.15, -0.1) is 0 Å². The molecule has 5 heterocycles. The first kappa shape index (κ1) is 21.2. The van der Waals surface area contributed by atoms with Crippen LogP contribution in [0.15, 0.2) is 47.4 Å². The van der Waals surface area contributed by atoms with Crippen LogP contribution in [0, 0.1) is 11.6 Å². The van der Waals surface area contributed by atoms with Gasteiger partial charge >= 0.3 is 0 Å². The van der Waals surface area contributed by atoms with Gasteiger partial charge in [0.05, 0.1) is 18.9 Å². The van der Waals surface area contributed by atoms with Crippen molar-refractivity contribution in [2.75, 3.05) is 36.4 Å². The number of nitrogens with zero attached hydrogens (tertiary/aromatic N) is 4. The second kappa shape index (κ2) is 7.44. The lowest BCUT2D eigenvalue weighted by atomic mass is 9.92. The van der Waals surface area contributed by atoms with E-state index in [1.54, 1.807) is 16.0 Å². The van der Waals surface area contributed by atoms with E-state index in [4.69, 9.17) is 9.47 Å². The molecule has 11 heteroatoms. The van der Waals surface area contributed by atoms with Crippen molar-refractivity contribution >= 4 is 11.6 Å². The molecule has 4 aliphatic rings. The summed E-state index contributed by atoms with van der Waals surface area (Å²) >= 11 is 0. The molecular formula is C25H20F2N4O5. The number of carbonyl (C=O) groups is 1. The standard InChI is InChI=1S/C25H20F2N4O5/c26-16-5-4-13-15(20(16)27)10-28-12-36-18-3-1-2-14(22(18)28)21(13)31-19-11-35-9-8-29(19)25(34)23-24(33)17(32)6-7-30(23)31/h1-7,19,21,33H,8-12H2. The highest BCUT2D eigenvalue weighted by Crippen LogP contribution is 2.49. The highest BCUT2D eigenvalue weighted by atomic mass is 19.2. The average Bonchev–Trinajstić information content (AvgIpc) is 3.24. The molecule has 7 rings (SSSR count). The molecule has 0 spiro atoms. The summed E-state index contributed by atoms with van der Waals surface area (Å²) in [6.45, 7) is 0.928. The molecule has 0 saturated carbocycles. The number of fused-ring (bicyclic) bond motifs is 3. The van der Waals surface area contributed by atoms with Crippen molar-refractivity contribution in [3.05, 3.63) is 86.8 Å². The van der Waals surface area contributed by atoms with E-state index in [0.29, 0.717) is 11.3 Å². The van der Waals surface area contributed by atoms with Crippen LogP contribution in [0.5, 0.6) is 11.5 Å². The number of carbonyl (C=O) groups excluding carboxylic acids is 1. The molecule has 3 aromatic rings. The van der Waals surface area contributed by atoms with Crippen molar-refractivity contribution in [3.63, 3.8) is 0 Å². The quantitative estimate of drug-likeness (QED) is 0.554. The SMILES string of the molecule is O=C1c2c(O)c(=O)ccn2N(C2c3ccc(F)c(F)c3CN3COc4cccc2c43)C2COCCN12. The van der Waals surface area contributed by atoms with E-state index in [-0.39, 0.29) is 44.3 Å². The smallest absolute Gasteiger partial charge is 0.278 e. The predicted molar refractivity (Wildman–Crippen MR) is 123 cm³/mol. The van der Waals surface area contributed by atoms with E-state index < -0.39 is 40.9 Å². The first-order valence-corrected chi connectivity index (χ1v) is 11.5. The molecule has 9 nitrogen and oxygen atoms in total. The van der Waals surface area contributed by atoms with Gasteiger partial charge < -0.3 is 24.4 Å². The highest BCUT2D eigenvalue weighted by molar-refractivity contribution is 5.96. The number of morpholine rings is 1. The van der Waals surface area contributed by atoms with Gasteiger partial charge in [0.2, 0.25) is 5.43 Å². The third-order valence-electron chi connectivity index (χ3n) is 7.33. The molecule has 2 unspecified atom stereocenters. The largest absolute Gasteiger partial charge is 0.502 e. The highest BCUT2D eigenvalue weighted by Gasteiger charge is 2.47. The zero-order valence-corrected chi connectivity index (χ0v) is 18.9. The van der Waals surface area contributed by atoms with Gasteiger partial charge in [-0.05, 0) is 17.7 Å². The Kier molecular flexibility index (Phi) is 4.38. The van der Waals surface area contributed by atoms with Gasteiger partial charge in [-0.1, -0.05) is 18.2 Å². The van der Waals surface area contributed by atoms with Crippen molar-refractivity contribution in [1.82, 2.24) is 9.58 Å². The number of rotatable bonds is 1. The lowest BCUT2D eigenvalue weighted by molar-refractivity contribution is -0.0196. The predicted octanol–water partition coefficient (Wildman–Crippen LogP) is 2.04. The van der Waals surface area contributed by atoms with Crippen LogP contribution in [0.25, 0.3) is 0 Å². The second-order valence-electron chi connectivity index (χ2n) is 9.15. The minimum atomic E-state index is -0.961. The van der Waals surface area contributed by atoms with Crippen LogP contribution < -0.4 is 20.1 Å². The van der Waals surface area contributed by atoms with E-state index >= 15 is 4.39 Å². The molecule has 1 saturated heterocycles. The lowest BCUT2D eigenvalue weighted by Gasteiger charge is -2.51. The van der Waals surface area contributed by atoms with Crippen LogP contribution in [0.3, 0.4) is 0 Å². The zero-order chi connectivity index (χ0) is 24.7. The summed E-state index contributed by atoms with van der Waals surface area (Å²) in [5.41, 5.74) is 1.29. The number of para-hydroxylation sites is 1. The number of ether oxygens (including phenoxy) is 2. The Morgan fingerprint density at radius 3 is 2.78 bits per heavy atom. The minimum absolute atomic E-state index is 0.0827. The van der Waals surface area contributed by atoms with Crippen LogP contribution in [-0.4, -0.2) is 53.2 Å². The van der Waals surface area contributed by atoms with E-state index in [0.717, 1.165) is 17.3 Å². The molecule has 1 N–H and O–H groups in total. The van der Waals surface area contributed by atoms with Gasteiger partial charge in [-0.25, -0.2) is 8.78 Å². The Morgan fingerprint density at radius 1 is 1.06 bits per heavy atom. The molecule has 2 aromatic carbocycles. The number of benzene rings is 2. The summed E-state index contributed by atoms with van der Waals surface area (Å²) in [6.07, 6.45) is 0.777. The average molecular weight is 494 g/mol. The Hall–Kier alpha value is -4.12. The van der Waals surface area contributed by atoms with Crippen LogP contribution in [0.4, 0.5) is 14.5 Å². The summed E-state index contributed by atoms with van der Waals surface area (Å²) in [5, 5.41) is 12.5. The van der Waals surface area contributed by atoms with Gasteiger partial charge in [0, 0.05) is 36.5 Å². The number of anilines is 1. The first-order chi connectivity index (χ1) is 17.5. The first-order valence-electron chi connectivity index (χ1n) is 11.5. The van der Waals surface area contributed by atoms with E-state index in [1.807, 2.05) is 23.1 Å². The maximum absolute atomic E-state index is 15.3. The zero-order valence-electron chi connectivity index (χ0n) is 18.9. The third kappa shape index (κ3) is 2.71. The monoisotopic (exact) mass is 494 g/mol. The molecule has 0 aliphatic carbocycles. The molecule has 0 radical (unpaired) electrons. The fourth-order valence-corrected chi connectivity index (χ4v) is 5.75. The van der Waals surface area contributed by atoms with Gasteiger partial charge in [0.25, 0.3) is 5.91 Å². The van der Waals surface area contributed by atoms with Crippen molar-refractivity contribution < 1.29 is 28.2 Å². The van der Waals surface area contributed by atoms with Crippen molar-refractivity contribution in [2.45, 2.75) is 18.8 Å². The summed E-state index contributed by atoms with van der Waals surface area (Å²) in [4.78, 5) is 29.1. The summed E-state index contributed by atoms with van der Waals surface area (Å²) < 4.78 is 42.8. The number of aromatic nitrogens is 1. The Labute approximate surface area is 203 Å². The number of aromatic hydroxyl groups is 1. The maximum atomic E-state index is 15.3. The molecule has 184 valence electrons.